The SMILES string of the molecule is Cc1ccccc1[C@H](C)Cc1nnc([C@H]2CN(S(C)(=O)=O)CCO2)o1. The molecule has 0 unspecified atom stereocenters. The number of ether oxygens (including phenoxy) is 1. The summed E-state index contributed by atoms with van der Waals surface area (Å²) >= 11 is 0. The van der Waals surface area contributed by atoms with Gasteiger partial charge in [0.25, 0.3) is 0 Å². The van der Waals surface area contributed by atoms with Gasteiger partial charge >= 0.3 is 0 Å². The van der Waals surface area contributed by atoms with Crippen LogP contribution in [0.4, 0.5) is 0 Å². The molecule has 2 heterocycles. The molecule has 2 atom stereocenters. The summed E-state index contributed by atoms with van der Waals surface area (Å²) in [6, 6.07) is 8.23. The van der Waals surface area contributed by atoms with Gasteiger partial charge in [0, 0.05) is 19.5 Å². The normalized spacial score (nSPS) is 20.5. The largest absolute Gasteiger partial charge is 0.422 e. The molecule has 2 aromatic rings. The third-order valence-corrected chi connectivity index (χ3v) is 5.73. The van der Waals surface area contributed by atoms with Crippen LogP contribution in [0.5, 0.6) is 0 Å². The zero-order chi connectivity index (χ0) is 18.0. The van der Waals surface area contributed by atoms with Gasteiger partial charge in [0.2, 0.25) is 21.8 Å². The van der Waals surface area contributed by atoms with Crippen molar-refractivity contribution in [3.05, 3.63) is 47.2 Å². The van der Waals surface area contributed by atoms with Gasteiger partial charge < -0.3 is 9.15 Å². The minimum absolute atomic E-state index is 0.202. The molecular weight excluding hydrogens is 342 g/mol. The van der Waals surface area contributed by atoms with Gasteiger partial charge in [-0.15, -0.1) is 10.2 Å². The lowest BCUT2D eigenvalue weighted by molar-refractivity contribution is -0.0176. The Bertz CT molecular complexity index is 834. The lowest BCUT2D eigenvalue weighted by Gasteiger charge is -2.29. The lowest BCUT2D eigenvalue weighted by atomic mass is 9.94. The molecule has 1 aliphatic rings. The predicted molar refractivity (Wildman–Crippen MR) is 92.7 cm³/mol. The molecule has 0 N–H and O–H groups in total. The summed E-state index contributed by atoms with van der Waals surface area (Å²) in [5, 5.41) is 8.17. The summed E-state index contributed by atoms with van der Waals surface area (Å²) in [6.07, 6.45) is 1.30. The second-order valence-electron chi connectivity index (χ2n) is 6.48. The second kappa shape index (κ2) is 7.23. The van der Waals surface area contributed by atoms with Crippen molar-refractivity contribution in [1.29, 1.82) is 0 Å². The van der Waals surface area contributed by atoms with Crippen LogP contribution in [0, 0.1) is 6.92 Å². The van der Waals surface area contributed by atoms with Crippen LogP contribution in [0.15, 0.2) is 28.7 Å². The van der Waals surface area contributed by atoms with E-state index in [0.717, 1.165) is 0 Å². The van der Waals surface area contributed by atoms with Crippen LogP contribution in [-0.2, 0) is 21.2 Å². The van der Waals surface area contributed by atoms with Crippen molar-refractivity contribution in [2.75, 3.05) is 26.0 Å². The van der Waals surface area contributed by atoms with E-state index < -0.39 is 16.1 Å². The molecule has 0 spiro atoms. The van der Waals surface area contributed by atoms with Crippen molar-refractivity contribution in [3.8, 4) is 0 Å². The highest BCUT2D eigenvalue weighted by Gasteiger charge is 2.31. The number of aryl methyl sites for hydroxylation is 1. The number of rotatable bonds is 5. The summed E-state index contributed by atoms with van der Waals surface area (Å²) in [7, 11) is -3.26. The second-order valence-corrected chi connectivity index (χ2v) is 8.46. The standard InChI is InChI=1S/C17H23N3O4S/c1-12-6-4-5-7-14(12)13(2)10-16-18-19-17(24-16)15-11-20(8-9-23-15)25(3,21)22/h4-7,13,15H,8-11H2,1-3H3/t13-,15-/m1/s1. The van der Waals surface area contributed by atoms with E-state index in [1.54, 1.807) is 0 Å². The molecule has 136 valence electrons. The third kappa shape index (κ3) is 4.26. The number of morpholine rings is 1. The topological polar surface area (TPSA) is 85.5 Å². The quantitative estimate of drug-likeness (QED) is 0.806. The molecule has 1 aromatic carbocycles. The molecule has 25 heavy (non-hydrogen) atoms. The molecule has 0 bridgehead atoms. The Labute approximate surface area is 148 Å². The maximum Gasteiger partial charge on any atom is 0.246 e. The Morgan fingerprint density at radius 1 is 1.32 bits per heavy atom. The molecule has 0 amide bonds. The fraction of sp³-hybridized carbons (Fsp3) is 0.529. The van der Waals surface area contributed by atoms with Crippen LogP contribution >= 0.6 is 0 Å². The molecule has 1 saturated heterocycles. The molecule has 1 aliphatic heterocycles. The summed E-state index contributed by atoms with van der Waals surface area (Å²) in [6.45, 7) is 5.07. The fourth-order valence-electron chi connectivity index (χ4n) is 3.07. The molecule has 0 aliphatic carbocycles. The molecule has 0 radical (unpaired) electrons. The van der Waals surface area contributed by atoms with Gasteiger partial charge in [-0.2, -0.15) is 4.31 Å². The summed E-state index contributed by atoms with van der Waals surface area (Å²) in [4.78, 5) is 0. The van der Waals surface area contributed by atoms with E-state index in [-0.39, 0.29) is 12.5 Å². The van der Waals surface area contributed by atoms with Gasteiger partial charge in [-0.05, 0) is 24.0 Å². The number of sulfonamides is 1. The molecule has 3 rings (SSSR count). The zero-order valence-electron chi connectivity index (χ0n) is 14.7. The van der Waals surface area contributed by atoms with Crippen molar-refractivity contribution < 1.29 is 17.6 Å². The van der Waals surface area contributed by atoms with Gasteiger partial charge in [-0.3, -0.25) is 0 Å². The van der Waals surface area contributed by atoms with Crippen molar-refractivity contribution in [3.63, 3.8) is 0 Å². The minimum atomic E-state index is -3.26. The van der Waals surface area contributed by atoms with E-state index >= 15 is 0 Å². The molecule has 8 heteroatoms. The highest BCUT2D eigenvalue weighted by atomic mass is 32.2. The Kier molecular flexibility index (Phi) is 5.21. The highest BCUT2D eigenvalue weighted by molar-refractivity contribution is 7.88. The number of hydrogen-bond acceptors (Lipinski definition) is 6. The van der Waals surface area contributed by atoms with Gasteiger partial charge in [0.15, 0.2) is 0 Å². The third-order valence-electron chi connectivity index (χ3n) is 4.46. The molecule has 1 aromatic heterocycles. The van der Waals surface area contributed by atoms with Crippen LogP contribution in [0.25, 0.3) is 0 Å². The first kappa shape index (κ1) is 18.0. The fourth-order valence-corrected chi connectivity index (χ4v) is 3.88. The maximum atomic E-state index is 11.7. The van der Waals surface area contributed by atoms with E-state index in [1.807, 2.05) is 12.1 Å². The van der Waals surface area contributed by atoms with Gasteiger partial charge in [-0.25, -0.2) is 8.42 Å². The van der Waals surface area contributed by atoms with E-state index in [0.29, 0.717) is 31.4 Å². The predicted octanol–water partition coefficient (Wildman–Crippen LogP) is 2.06. The van der Waals surface area contributed by atoms with Crippen molar-refractivity contribution in [2.24, 2.45) is 0 Å². The van der Waals surface area contributed by atoms with Gasteiger partial charge in [-0.1, -0.05) is 31.2 Å². The van der Waals surface area contributed by atoms with Crippen LogP contribution in [0.2, 0.25) is 0 Å². The summed E-state index contributed by atoms with van der Waals surface area (Å²) < 4.78 is 36.1. The van der Waals surface area contributed by atoms with E-state index in [4.69, 9.17) is 9.15 Å². The summed E-state index contributed by atoms with van der Waals surface area (Å²) in [5.41, 5.74) is 2.48. The minimum Gasteiger partial charge on any atom is -0.422 e. The lowest BCUT2D eigenvalue weighted by Crippen LogP contribution is -2.41. The van der Waals surface area contributed by atoms with E-state index in [9.17, 15) is 8.42 Å². The van der Waals surface area contributed by atoms with Crippen molar-refractivity contribution >= 4 is 10.0 Å². The van der Waals surface area contributed by atoms with E-state index in [2.05, 4.69) is 36.2 Å². The highest BCUT2D eigenvalue weighted by Crippen LogP contribution is 2.26. The number of hydrogen-bond donors (Lipinski definition) is 0. The molecule has 0 saturated carbocycles. The van der Waals surface area contributed by atoms with Crippen LogP contribution < -0.4 is 0 Å². The van der Waals surface area contributed by atoms with Gasteiger partial charge in [0.05, 0.1) is 12.9 Å². The monoisotopic (exact) mass is 365 g/mol. The first-order valence-electron chi connectivity index (χ1n) is 8.29. The van der Waals surface area contributed by atoms with Crippen molar-refractivity contribution in [2.45, 2.75) is 32.3 Å². The van der Waals surface area contributed by atoms with Gasteiger partial charge in [0.1, 0.15) is 6.10 Å². The average molecular weight is 365 g/mol. The first-order valence-corrected chi connectivity index (χ1v) is 10.1. The molecule has 7 nitrogen and oxygen atoms in total. The Balaban J connectivity index is 1.69. The Morgan fingerprint density at radius 2 is 2.08 bits per heavy atom. The van der Waals surface area contributed by atoms with Crippen LogP contribution in [0.1, 0.15) is 41.9 Å². The number of nitrogens with zero attached hydrogens (tertiary/aromatic N) is 3. The van der Waals surface area contributed by atoms with Crippen molar-refractivity contribution in [1.82, 2.24) is 14.5 Å². The first-order chi connectivity index (χ1) is 11.8. The van der Waals surface area contributed by atoms with E-state index in [1.165, 1.54) is 21.7 Å². The number of benzene rings is 1. The summed E-state index contributed by atoms with van der Waals surface area (Å²) in [5.74, 6) is 1.11. The average Bonchev–Trinajstić information content (AvgIpc) is 3.03. The molecule has 1 fully saturated rings. The van der Waals surface area contributed by atoms with Crippen LogP contribution in [-0.4, -0.2) is 48.9 Å². The smallest absolute Gasteiger partial charge is 0.246 e. The van der Waals surface area contributed by atoms with Crippen LogP contribution in [0.3, 0.4) is 0 Å². The maximum absolute atomic E-state index is 11.7. The Hall–Kier alpha value is -1.77. The number of aromatic nitrogens is 2. The zero-order valence-corrected chi connectivity index (χ0v) is 15.5. The Morgan fingerprint density at radius 3 is 2.80 bits per heavy atom. The molecular formula is C17H23N3O4S.